The minimum atomic E-state index is -0.800. The molecule has 8 heteroatoms. The minimum absolute atomic E-state index is 0. The monoisotopic (exact) mass is 444 g/mol. The number of aromatic nitrogens is 1. The third kappa shape index (κ3) is 7.90. The van der Waals surface area contributed by atoms with Crippen LogP contribution >= 0.6 is 11.6 Å². The topological polar surface area (TPSA) is 109 Å². The van der Waals surface area contributed by atoms with Crippen molar-refractivity contribution in [3.8, 4) is 0 Å². The maximum atomic E-state index is 12.5. The van der Waals surface area contributed by atoms with Gasteiger partial charge in [0.05, 0.1) is 16.2 Å². The molecule has 1 heterocycles. The van der Waals surface area contributed by atoms with Crippen molar-refractivity contribution in [1.29, 1.82) is 0 Å². The number of carboxylic acids is 1. The Balaban J connectivity index is 0.00000210. The van der Waals surface area contributed by atoms with Gasteiger partial charge in [-0.25, -0.2) is 0 Å². The molecule has 1 saturated carbocycles. The van der Waals surface area contributed by atoms with Crippen molar-refractivity contribution in [2.75, 3.05) is 5.32 Å². The second-order valence-corrected chi connectivity index (χ2v) is 7.70. The zero-order chi connectivity index (χ0) is 19.2. The van der Waals surface area contributed by atoms with Crippen LogP contribution in [0.2, 0.25) is 5.02 Å². The van der Waals surface area contributed by atoms with E-state index in [0.717, 1.165) is 29.4 Å². The quantitative estimate of drug-likeness (QED) is 0.635. The van der Waals surface area contributed by atoms with Crippen LogP contribution in [0.5, 0.6) is 0 Å². The van der Waals surface area contributed by atoms with Gasteiger partial charge in [0.1, 0.15) is 0 Å². The molecule has 0 saturated heterocycles. The molecule has 1 aromatic carbocycles. The summed E-state index contributed by atoms with van der Waals surface area (Å²) in [7, 11) is 0. The van der Waals surface area contributed by atoms with E-state index >= 15 is 0 Å². The molecule has 0 radical (unpaired) electrons. The fourth-order valence-corrected chi connectivity index (χ4v) is 3.96. The van der Waals surface area contributed by atoms with Gasteiger partial charge >= 0.3 is 57.4 Å². The van der Waals surface area contributed by atoms with Crippen molar-refractivity contribution in [3.63, 3.8) is 0 Å². The summed E-state index contributed by atoms with van der Waals surface area (Å²) >= 11 is 6.34. The number of anilines is 1. The standard InChI is InChI=1S/C21H25ClN2O3.K.H2O/c22-17-11-12-18-16(10-9-15(23-18)7-4-8-20(26)27)21(17)24-19(25)13-14-5-2-1-3-6-14;;/h9-12,14H,1-8,13H2,(H,24,25)(H,26,27);;1H2/q;+1;/p-1. The van der Waals surface area contributed by atoms with Gasteiger partial charge in [-0.1, -0.05) is 30.9 Å². The van der Waals surface area contributed by atoms with Crippen LogP contribution < -0.4 is 56.7 Å². The number of halogens is 1. The van der Waals surface area contributed by atoms with E-state index in [0.29, 0.717) is 35.9 Å². The first kappa shape index (κ1) is 26.5. The molecule has 1 aliphatic carbocycles. The summed E-state index contributed by atoms with van der Waals surface area (Å²) in [6.45, 7) is 0. The summed E-state index contributed by atoms with van der Waals surface area (Å²) in [4.78, 5) is 27.8. The number of nitrogens with one attached hydrogen (secondary N) is 1. The maximum Gasteiger partial charge on any atom is 1.00 e. The van der Waals surface area contributed by atoms with E-state index in [2.05, 4.69) is 10.3 Å². The molecule has 152 valence electrons. The number of rotatable bonds is 7. The predicted molar refractivity (Wildman–Crippen MR) is 109 cm³/mol. The van der Waals surface area contributed by atoms with Gasteiger partial charge in [0.15, 0.2) is 0 Å². The van der Waals surface area contributed by atoms with Gasteiger partial charge in [-0.05, 0) is 55.9 Å². The Bertz CT molecular complexity index is 841. The number of aliphatic carboxylic acids is 1. The molecule has 0 atom stereocenters. The first-order valence-electron chi connectivity index (χ1n) is 9.62. The average molecular weight is 445 g/mol. The van der Waals surface area contributed by atoms with Crippen LogP contribution in [0.1, 0.15) is 57.1 Å². The molecule has 1 fully saturated rings. The van der Waals surface area contributed by atoms with Crippen molar-refractivity contribution < 1.29 is 71.6 Å². The third-order valence-corrected chi connectivity index (χ3v) is 5.48. The molecule has 1 amide bonds. The largest absolute Gasteiger partial charge is 1.00 e. The number of fused-ring (bicyclic) bond motifs is 1. The average Bonchev–Trinajstić information content (AvgIpc) is 2.64. The molecular weight excluding hydrogens is 419 g/mol. The Morgan fingerprint density at radius 2 is 1.86 bits per heavy atom. The number of hydrogen-bond acceptors (Lipinski definition) is 4. The number of carboxylic acid groups (broad SMARTS) is 1. The van der Waals surface area contributed by atoms with Crippen LogP contribution in [0.25, 0.3) is 10.9 Å². The number of nitrogens with zero attached hydrogens (tertiary/aromatic N) is 1. The van der Waals surface area contributed by atoms with E-state index in [1.807, 2.05) is 18.2 Å². The molecule has 0 aliphatic heterocycles. The third-order valence-electron chi connectivity index (χ3n) is 5.16. The maximum absolute atomic E-state index is 12.5. The van der Waals surface area contributed by atoms with Gasteiger partial charge in [-0.3, -0.25) is 14.6 Å². The van der Waals surface area contributed by atoms with Gasteiger partial charge in [0, 0.05) is 23.9 Å². The van der Waals surface area contributed by atoms with E-state index in [4.69, 9.17) is 16.7 Å². The summed E-state index contributed by atoms with van der Waals surface area (Å²) in [6.07, 6.45) is 7.75. The molecule has 0 unspecified atom stereocenters. The van der Waals surface area contributed by atoms with Gasteiger partial charge < -0.3 is 15.9 Å². The van der Waals surface area contributed by atoms with Gasteiger partial charge in [0.2, 0.25) is 5.91 Å². The summed E-state index contributed by atoms with van der Waals surface area (Å²) < 4.78 is 0. The SMILES string of the molecule is O=C(O)CCCc1ccc2c(NC(=O)CC3CCCCC3)c(Cl)ccc2n1.[K+].[OH-]. The summed E-state index contributed by atoms with van der Waals surface area (Å²) in [5, 5.41) is 13.1. The molecule has 2 aromatic rings. The fraction of sp³-hybridized carbons (Fsp3) is 0.476. The molecule has 6 nitrogen and oxygen atoms in total. The first-order valence-corrected chi connectivity index (χ1v) is 10.0. The van der Waals surface area contributed by atoms with Crippen LogP contribution in [0.4, 0.5) is 5.69 Å². The number of hydrogen-bond donors (Lipinski definition) is 2. The minimum Gasteiger partial charge on any atom is -0.870 e. The fourth-order valence-electron chi connectivity index (χ4n) is 3.75. The van der Waals surface area contributed by atoms with E-state index in [1.165, 1.54) is 19.3 Å². The number of carbonyl (C=O) groups excluding carboxylic acids is 1. The van der Waals surface area contributed by atoms with Crippen LogP contribution in [0, 0.1) is 5.92 Å². The van der Waals surface area contributed by atoms with E-state index in [1.54, 1.807) is 6.07 Å². The van der Waals surface area contributed by atoms with E-state index in [-0.39, 0.29) is 69.2 Å². The van der Waals surface area contributed by atoms with E-state index in [9.17, 15) is 9.59 Å². The van der Waals surface area contributed by atoms with Crippen molar-refractivity contribution in [2.45, 2.75) is 57.8 Å². The van der Waals surface area contributed by atoms with Crippen LogP contribution in [0.15, 0.2) is 24.3 Å². The van der Waals surface area contributed by atoms with Crippen LogP contribution in [-0.2, 0) is 16.0 Å². The zero-order valence-corrected chi connectivity index (χ0v) is 20.7. The Labute approximate surface area is 218 Å². The van der Waals surface area contributed by atoms with Gasteiger partial charge in [0.25, 0.3) is 0 Å². The molecule has 1 aromatic heterocycles. The second kappa shape index (κ2) is 13.0. The van der Waals surface area contributed by atoms with Crippen molar-refractivity contribution in [1.82, 2.24) is 4.98 Å². The Morgan fingerprint density at radius 1 is 1.14 bits per heavy atom. The van der Waals surface area contributed by atoms with Crippen LogP contribution in [-0.4, -0.2) is 27.4 Å². The molecule has 1 aliphatic rings. The Hall–Kier alpha value is -0.544. The normalized spacial score (nSPS) is 14.0. The number of carbonyl (C=O) groups is 2. The van der Waals surface area contributed by atoms with Crippen molar-refractivity contribution in [3.05, 3.63) is 35.0 Å². The molecule has 0 spiro atoms. The number of amides is 1. The first-order chi connectivity index (χ1) is 13.0. The second-order valence-electron chi connectivity index (χ2n) is 7.30. The van der Waals surface area contributed by atoms with Gasteiger partial charge in [-0.2, -0.15) is 0 Å². The van der Waals surface area contributed by atoms with Gasteiger partial charge in [-0.15, -0.1) is 0 Å². The predicted octanol–water partition coefficient (Wildman–Crippen LogP) is 2.03. The summed E-state index contributed by atoms with van der Waals surface area (Å²) in [5.41, 5.74) is 2.20. The molecule has 3 rings (SSSR count). The Morgan fingerprint density at radius 3 is 2.55 bits per heavy atom. The van der Waals surface area contributed by atoms with E-state index < -0.39 is 5.97 Å². The van der Waals surface area contributed by atoms with Crippen molar-refractivity contribution >= 4 is 40.1 Å². The number of benzene rings is 1. The molecule has 0 bridgehead atoms. The summed E-state index contributed by atoms with van der Waals surface area (Å²) in [6, 6.07) is 7.35. The number of pyridine rings is 1. The van der Waals surface area contributed by atoms with Crippen molar-refractivity contribution in [2.24, 2.45) is 5.92 Å². The number of aryl methyl sites for hydroxylation is 1. The Kier molecular flexibility index (Phi) is 11.9. The molecular formula is C21H26ClKN2O4. The molecule has 3 N–H and O–H groups in total. The molecule has 29 heavy (non-hydrogen) atoms. The summed E-state index contributed by atoms with van der Waals surface area (Å²) in [5.74, 6) is -0.334. The smallest absolute Gasteiger partial charge is 0.870 e. The van der Waals surface area contributed by atoms with Crippen LogP contribution in [0.3, 0.4) is 0 Å². The zero-order valence-electron chi connectivity index (χ0n) is 16.8.